The molecule has 1 amide bonds. The Morgan fingerprint density at radius 3 is 2.55 bits per heavy atom. The lowest BCUT2D eigenvalue weighted by Gasteiger charge is -2.28. The topological polar surface area (TPSA) is 91.8 Å². The molecule has 2 heterocycles. The van der Waals surface area contributed by atoms with Crippen molar-refractivity contribution in [3.05, 3.63) is 64.2 Å². The maximum Gasteiger partial charge on any atom is 0.253 e. The van der Waals surface area contributed by atoms with Gasteiger partial charge < -0.3 is 4.90 Å². The molecule has 2 aliphatic rings. The average Bonchev–Trinajstić information content (AvgIpc) is 3.12. The number of hydrogen-bond donors (Lipinski definition) is 0. The molecule has 4 rings (SSSR count). The van der Waals surface area contributed by atoms with E-state index in [1.807, 2.05) is 24.3 Å². The largest absolute Gasteiger partial charge is 0.338 e. The lowest BCUT2D eigenvalue weighted by Crippen LogP contribution is -2.38. The number of halogens is 1. The molecule has 2 aromatic carbocycles. The molecule has 10 heteroatoms. The highest BCUT2D eigenvalue weighted by molar-refractivity contribution is 7.91. The van der Waals surface area contributed by atoms with E-state index >= 15 is 0 Å². The van der Waals surface area contributed by atoms with Crippen molar-refractivity contribution in [2.24, 2.45) is 0 Å². The van der Waals surface area contributed by atoms with Gasteiger partial charge in [-0.1, -0.05) is 35.9 Å². The molecule has 0 radical (unpaired) electrons. The molecular formula is C21H23ClN2O5S2. The molecule has 1 unspecified atom stereocenters. The summed E-state index contributed by atoms with van der Waals surface area (Å²) in [7, 11) is -5.53. The van der Waals surface area contributed by atoms with Gasteiger partial charge in [0.25, 0.3) is 5.91 Å². The maximum absolute atomic E-state index is 13.3. The first-order valence-corrected chi connectivity index (χ1v) is 13.6. The van der Waals surface area contributed by atoms with Gasteiger partial charge in [-0.25, -0.2) is 16.8 Å². The van der Waals surface area contributed by atoms with Gasteiger partial charge in [0.15, 0.2) is 9.84 Å². The van der Waals surface area contributed by atoms with Gasteiger partial charge in [-0.2, -0.15) is 4.31 Å². The minimum Gasteiger partial charge on any atom is -0.338 e. The van der Waals surface area contributed by atoms with Gasteiger partial charge in [-0.05, 0) is 42.2 Å². The van der Waals surface area contributed by atoms with Crippen molar-refractivity contribution >= 4 is 37.4 Å². The third kappa shape index (κ3) is 4.37. The zero-order chi connectivity index (χ0) is 22.4. The van der Waals surface area contributed by atoms with Crippen LogP contribution in [0.2, 0.25) is 5.02 Å². The number of carbonyl (C=O) groups excluding carboxylic acids is 1. The van der Waals surface area contributed by atoms with Gasteiger partial charge >= 0.3 is 0 Å². The second-order valence-electron chi connectivity index (χ2n) is 7.98. The summed E-state index contributed by atoms with van der Waals surface area (Å²) in [6.45, 7) is 0.570. The minimum atomic E-state index is -3.92. The lowest BCUT2D eigenvalue weighted by atomic mass is 10.0. The Hall–Kier alpha value is -1.94. The lowest BCUT2D eigenvalue weighted by molar-refractivity contribution is 0.0747. The molecule has 7 nitrogen and oxygen atoms in total. The molecule has 1 fully saturated rings. The zero-order valence-electron chi connectivity index (χ0n) is 17.0. The van der Waals surface area contributed by atoms with Gasteiger partial charge in [-0.3, -0.25) is 4.79 Å². The monoisotopic (exact) mass is 482 g/mol. The van der Waals surface area contributed by atoms with Gasteiger partial charge in [0.05, 0.1) is 16.5 Å². The van der Waals surface area contributed by atoms with Crippen LogP contribution in [0.25, 0.3) is 0 Å². The number of sulfonamides is 1. The number of hydrogen-bond acceptors (Lipinski definition) is 5. The summed E-state index contributed by atoms with van der Waals surface area (Å²) < 4.78 is 51.6. The van der Waals surface area contributed by atoms with E-state index in [4.69, 9.17) is 11.6 Å². The fourth-order valence-electron chi connectivity index (χ4n) is 4.10. The highest BCUT2D eigenvalue weighted by atomic mass is 35.5. The number of carbonyl (C=O) groups is 1. The average molecular weight is 483 g/mol. The molecule has 0 aliphatic carbocycles. The van der Waals surface area contributed by atoms with Crippen LogP contribution in [0.1, 0.15) is 27.9 Å². The third-order valence-electron chi connectivity index (χ3n) is 5.97. The van der Waals surface area contributed by atoms with Crippen molar-refractivity contribution in [1.29, 1.82) is 0 Å². The van der Waals surface area contributed by atoms with Crippen LogP contribution in [0.3, 0.4) is 0 Å². The molecule has 0 bridgehead atoms. The second-order valence-corrected chi connectivity index (χ2v) is 12.5. The first kappa shape index (κ1) is 22.3. The van der Waals surface area contributed by atoms with Crippen LogP contribution in [-0.4, -0.2) is 63.1 Å². The van der Waals surface area contributed by atoms with Crippen LogP contribution in [0.5, 0.6) is 0 Å². The third-order valence-corrected chi connectivity index (χ3v) is 10.0. The molecule has 1 atom stereocenters. The van der Waals surface area contributed by atoms with Crippen LogP contribution in [0.15, 0.2) is 47.4 Å². The van der Waals surface area contributed by atoms with Crippen molar-refractivity contribution in [2.75, 3.05) is 25.1 Å². The Kier molecular flexibility index (Phi) is 5.89. The van der Waals surface area contributed by atoms with E-state index < -0.39 is 31.8 Å². The number of fused-ring (bicyclic) bond motifs is 1. The van der Waals surface area contributed by atoms with Crippen molar-refractivity contribution in [3.63, 3.8) is 0 Å². The molecule has 2 aromatic rings. The predicted molar refractivity (Wildman–Crippen MR) is 118 cm³/mol. The summed E-state index contributed by atoms with van der Waals surface area (Å²) in [4.78, 5) is 14.2. The van der Waals surface area contributed by atoms with Gasteiger partial charge in [0, 0.05) is 31.7 Å². The molecule has 0 N–H and O–H groups in total. The molecule has 2 aliphatic heterocycles. The van der Waals surface area contributed by atoms with Crippen molar-refractivity contribution < 1.29 is 21.6 Å². The predicted octanol–water partition coefficient (Wildman–Crippen LogP) is 2.35. The van der Waals surface area contributed by atoms with Crippen LogP contribution < -0.4 is 0 Å². The summed E-state index contributed by atoms with van der Waals surface area (Å²) in [5, 5.41) is 0.0431. The Morgan fingerprint density at radius 1 is 1.16 bits per heavy atom. The first-order chi connectivity index (χ1) is 14.6. The van der Waals surface area contributed by atoms with E-state index in [1.165, 1.54) is 34.5 Å². The fourth-order valence-corrected chi connectivity index (χ4v) is 7.79. The SMILES string of the molecule is CN(C(=O)c1ccc(Cl)c(S(=O)(=O)N2CCc3ccccc3C2)c1)C1CCS(=O)(=O)C1. The smallest absolute Gasteiger partial charge is 0.253 e. The standard InChI is InChI=1S/C21H23ClN2O5S2/c1-23(18-9-11-30(26,27)14-18)21(25)16-6-7-19(22)20(12-16)31(28,29)24-10-8-15-4-2-3-5-17(15)13-24/h2-7,12,18H,8-11,13-14H2,1H3. The number of amides is 1. The molecule has 0 saturated carbocycles. The highest BCUT2D eigenvalue weighted by Crippen LogP contribution is 2.30. The molecular weight excluding hydrogens is 460 g/mol. The van der Waals surface area contributed by atoms with Gasteiger partial charge in [0.1, 0.15) is 4.90 Å². The number of rotatable bonds is 4. The van der Waals surface area contributed by atoms with Crippen LogP contribution in [0, 0.1) is 0 Å². The van der Waals surface area contributed by atoms with Crippen LogP contribution in [-0.2, 0) is 32.8 Å². The van der Waals surface area contributed by atoms with Crippen molar-refractivity contribution in [3.8, 4) is 0 Å². The van der Waals surface area contributed by atoms with Crippen molar-refractivity contribution in [1.82, 2.24) is 9.21 Å². The summed E-state index contributed by atoms with van der Waals surface area (Å²) in [6, 6.07) is 11.4. The van der Waals surface area contributed by atoms with Crippen LogP contribution in [0.4, 0.5) is 0 Å². The van der Waals surface area contributed by atoms with E-state index in [0.29, 0.717) is 19.4 Å². The molecule has 166 valence electrons. The molecule has 0 aromatic heterocycles. The number of benzene rings is 2. The fraction of sp³-hybridized carbons (Fsp3) is 0.381. The quantitative estimate of drug-likeness (QED) is 0.667. The summed E-state index contributed by atoms with van der Waals surface area (Å²) in [5.74, 6) is -0.466. The normalized spacial score (nSPS) is 20.9. The van der Waals surface area contributed by atoms with E-state index in [0.717, 1.165) is 11.1 Å². The van der Waals surface area contributed by atoms with Gasteiger partial charge in [0.2, 0.25) is 10.0 Å². The Balaban J connectivity index is 1.61. The van der Waals surface area contributed by atoms with E-state index in [-0.39, 0.29) is 33.5 Å². The van der Waals surface area contributed by atoms with E-state index in [2.05, 4.69) is 0 Å². The zero-order valence-corrected chi connectivity index (χ0v) is 19.4. The van der Waals surface area contributed by atoms with Crippen LogP contribution >= 0.6 is 11.6 Å². The molecule has 1 saturated heterocycles. The summed E-state index contributed by atoms with van der Waals surface area (Å²) in [5.41, 5.74) is 2.23. The maximum atomic E-state index is 13.3. The highest BCUT2D eigenvalue weighted by Gasteiger charge is 2.34. The summed E-state index contributed by atoms with van der Waals surface area (Å²) in [6.07, 6.45) is 0.973. The number of sulfone groups is 1. The van der Waals surface area contributed by atoms with Gasteiger partial charge in [-0.15, -0.1) is 0 Å². The summed E-state index contributed by atoms with van der Waals surface area (Å²) >= 11 is 6.24. The van der Waals surface area contributed by atoms with Crippen molar-refractivity contribution in [2.45, 2.75) is 30.3 Å². The Morgan fingerprint density at radius 2 is 1.87 bits per heavy atom. The minimum absolute atomic E-state index is 0.0431. The number of nitrogens with zero attached hydrogens (tertiary/aromatic N) is 2. The molecule has 0 spiro atoms. The van der Waals surface area contributed by atoms with E-state index in [9.17, 15) is 21.6 Å². The van der Waals surface area contributed by atoms with E-state index in [1.54, 1.807) is 0 Å². The second kappa shape index (κ2) is 8.20. The Bertz CT molecular complexity index is 1240. The molecule has 31 heavy (non-hydrogen) atoms. The Labute approximate surface area is 187 Å². The first-order valence-electron chi connectivity index (χ1n) is 9.92.